The van der Waals surface area contributed by atoms with Gasteiger partial charge < -0.3 is 4.74 Å². The van der Waals surface area contributed by atoms with Crippen LogP contribution in [0.4, 0.5) is 0 Å². The maximum absolute atomic E-state index is 12.0. The van der Waals surface area contributed by atoms with E-state index in [1.165, 1.54) is 0 Å². The van der Waals surface area contributed by atoms with Crippen LogP contribution in [0.1, 0.15) is 32.1 Å². The van der Waals surface area contributed by atoms with Gasteiger partial charge in [-0.15, -0.1) is 11.3 Å². The van der Waals surface area contributed by atoms with Crippen LogP contribution in [-0.4, -0.2) is 18.0 Å². The zero-order valence-electron chi connectivity index (χ0n) is 9.58. The van der Waals surface area contributed by atoms with Crippen LogP contribution < -0.4 is 0 Å². The van der Waals surface area contributed by atoms with E-state index in [1.54, 1.807) is 11.3 Å². The number of thiophene rings is 1. The molecule has 1 aromatic heterocycles. The Kier molecular flexibility index (Phi) is 4.48. The molecule has 0 N–H and O–H groups in total. The molecule has 0 saturated heterocycles. The second-order valence-corrected chi connectivity index (χ2v) is 4.73. The first-order valence-corrected chi connectivity index (χ1v) is 6.20. The number of rotatable bonds is 6. The summed E-state index contributed by atoms with van der Waals surface area (Å²) >= 11 is 1.62. The van der Waals surface area contributed by atoms with Crippen molar-refractivity contribution >= 4 is 17.1 Å². The number of hydrogen-bond donors (Lipinski definition) is 0. The molecule has 0 radical (unpaired) electrons. The number of carbonyl (C=O) groups excluding carboxylic acids is 1. The molecule has 15 heavy (non-hydrogen) atoms. The smallest absolute Gasteiger partial charge is 0.169 e. The van der Waals surface area contributed by atoms with Crippen LogP contribution in [0, 0.1) is 0 Å². The number of Topliss-reactive ketones (excluding diaryl/α,β-unsaturated/α-hetero) is 1. The first-order valence-electron chi connectivity index (χ1n) is 5.32. The summed E-state index contributed by atoms with van der Waals surface area (Å²) in [6, 6.07) is 3.96. The standard InChI is InChI=1S/C12H18O2S/c1-4-12(3,14-5-2)11(13)9-10-7-6-8-15-10/h6-8H,4-5,9H2,1-3H3. The van der Waals surface area contributed by atoms with Gasteiger partial charge in [0.1, 0.15) is 5.60 Å². The molecule has 2 nitrogen and oxygen atoms in total. The number of carbonyl (C=O) groups is 1. The Hall–Kier alpha value is -0.670. The van der Waals surface area contributed by atoms with E-state index in [9.17, 15) is 4.79 Å². The lowest BCUT2D eigenvalue weighted by Gasteiger charge is -2.26. The number of ketones is 1. The highest BCUT2D eigenvalue weighted by atomic mass is 32.1. The first-order chi connectivity index (χ1) is 7.12. The van der Waals surface area contributed by atoms with Gasteiger partial charge in [0.05, 0.1) is 0 Å². The molecule has 1 heterocycles. The first kappa shape index (κ1) is 12.4. The second-order valence-electron chi connectivity index (χ2n) is 3.70. The Morgan fingerprint density at radius 3 is 2.73 bits per heavy atom. The minimum atomic E-state index is -0.612. The Bertz CT molecular complexity index is 305. The fourth-order valence-corrected chi connectivity index (χ4v) is 2.16. The topological polar surface area (TPSA) is 26.3 Å². The molecule has 1 rings (SSSR count). The van der Waals surface area contributed by atoms with Crippen LogP contribution in [0.5, 0.6) is 0 Å². The van der Waals surface area contributed by atoms with E-state index in [0.717, 1.165) is 11.3 Å². The van der Waals surface area contributed by atoms with Crippen molar-refractivity contribution in [2.24, 2.45) is 0 Å². The molecular weight excluding hydrogens is 208 g/mol. The predicted molar refractivity (Wildman–Crippen MR) is 63.4 cm³/mol. The summed E-state index contributed by atoms with van der Waals surface area (Å²) in [6.07, 6.45) is 1.22. The molecule has 84 valence electrons. The molecule has 3 heteroatoms. The minimum absolute atomic E-state index is 0.175. The van der Waals surface area contributed by atoms with Crippen LogP contribution in [0.3, 0.4) is 0 Å². The summed E-state index contributed by atoms with van der Waals surface area (Å²) < 4.78 is 5.54. The van der Waals surface area contributed by atoms with Crippen molar-refractivity contribution in [2.75, 3.05) is 6.61 Å². The maximum Gasteiger partial charge on any atom is 0.169 e. The summed E-state index contributed by atoms with van der Waals surface area (Å²) in [5.41, 5.74) is -0.612. The fraction of sp³-hybridized carbons (Fsp3) is 0.583. The van der Waals surface area contributed by atoms with Gasteiger partial charge in [0.15, 0.2) is 5.78 Å². The van der Waals surface area contributed by atoms with E-state index < -0.39 is 5.60 Å². The molecule has 0 amide bonds. The largest absolute Gasteiger partial charge is 0.368 e. The molecule has 1 unspecified atom stereocenters. The van der Waals surface area contributed by atoms with E-state index in [4.69, 9.17) is 4.74 Å². The van der Waals surface area contributed by atoms with Crippen molar-refractivity contribution < 1.29 is 9.53 Å². The maximum atomic E-state index is 12.0. The van der Waals surface area contributed by atoms with Crippen LogP contribution in [0.2, 0.25) is 0 Å². The van der Waals surface area contributed by atoms with Gasteiger partial charge in [0.2, 0.25) is 0 Å². The molecule has 0 aromatic carbocycles. The normalized spacial score (nSPS) is 14.9. The van der Waals surface area contributed by atoms with E-state index in [1.807, 2.05) is 38.3 Å². The average Bonchev–Trinajstić information content (AvgIpc) is 2.70. The Balaban J connectivity index is 2.65. The molecule has 0 fully saturated rings. The van der Waals surface area contributed by atoms with Crippen LogP contribution in [0.25, 0.3) is 0 Å². The molecule has 0 bridgehead atoms. The Labute approximate surface area is 95.3 Å². The number of hydrogen-bond acceptors (Lipinski definition) is 3. The fourth-order valence-electron chi connectivity index (χ4n) is 1.46. The zero-order chi connectivity index (χ0) is 11.3. The predicted octanol–water partition coefficient (Wildman–Crippen LogP) is 3.06. The Morgan fingerprint density at radius 1 is 1.53 bits per heavy atom. The van der Waals surface area contributed by atoms with Gasteiger partial charge in [0, 0.05) is 17.9 Å². The van der Waals surface area contributed by atoms with E-state index in [-0.39, 0.29) is 5.78 Å². The lowest BCUT2D eigenvalue weighted by Crippen LogP contribution is -2.38. The molecule has 1 atom stereocenters. The lowest BCUT2D eigenvalue weighted by atomic mass is 9.94. The van der Waals surface area contributed by atoms with E-state index >= 15 is 0 Å². The second kappa shape index (κ2) is 5.42. The van der Waals surface area contributed by atoms with Crippen LogP contribution in [-0.2, 0) is 16.0 Å². The van der Waals surface area contributed by atoms with Gasteiger partial charge in [-0.3, -0.25) is 4.79 Å². The van der Waals surface area contributed by atoms with Gasteiger partial charge in [0.25, 0.3) is 0 Å². The Morgan fingerprint density at radius 2 is 2.27 bits per heavy atom. The van der Waals surface area contributed by atoms with Crippen molar-refractivity contribution in [3.8, 4) is 0 Å². The van der Waals surface area contributed by atoms with Gasteiger partial charge in [-0.1, -0.05) is 13.0 Å². The zero-order valence-corrected chi connectivity index (χ0v) is 10.4. The third-order valence-electron chi connectivity index (χ3n) is 2.64. The summed E-state index contributed by atoms with van der Waals surface area (Å²) in [5.74, 6) is 0.175. The third-order valence-corrected chi connectivity index (χ3v) is 3.52. The van der Waals surface area contributed by atoms with Crippen LogP contribution >= 0.6 is 11.3 Å². The van der Waals surface area contributed by atoms with Gasteiger partial charge in [-0.2, -0.15) is 0 Å². The summed E-state index contributed by atoms with van der Waals surface area (Å²) in [7, 11) is 0. The minimum Gasteiger partial charge on any atom is -0.368 e. The van der Waals surface area contributed by atoms with Crippen molar-refractivity contribution in [2.45, 2.75) is 39.2 Å². The molecule has 1 aromatic rings. The molecular formula is C12H18O2S. The third kappa shape index (κ3) is 3.14. The van der Waals surface area contributed by atoms with Gasteiger partial charge in [-0.05, 0) is 31.7 Å². The van der Waals surface area contributed by atoms with Crippen molar-refractivity contribution in [3.63, 3.8) is 0 Å². The highest BCUT2D eigenvalue weighted by molar-refractivity contribution is 7.10. The average molecular weight is 226 g/mol. The SMILES string of the molecule is CCOC(C)(CC)C(=O)Cc1cccs1. The molecule has 0 aliphatic heterocycles. The van der Waals surface area contributed by atoms with Gasteiger partial charge in [-0.25, -0.2) is 0 Å². The van der Waals surface area contributed by atoms with Crippen molar-refractivity contribution in [3.05, 3.63) is 22.4 Å². The summed E-state index contributed by atoms with van der Waals surface area (Å²) in [6.45, 7) is 6.38. The van der Waals surface area contributed by atoms with Gasteiger partial charge >= 0.3 is 0 Å². The molecule has 0 aliphatic rings. The lowest BCUT2D eigenvalue weighted by molar-refractivity contribution is -0.141. The highest BCUT2D eigenvalue weighted by Gasteiger charge is 2.31. The summed E-state index contributed by atoms with van der Waals surface area (Å²) in [4.78, 5) is 13.1. The van der Waals surface area contributed by atoms with Crippen LogP contribution in [0.15, 0.2) is 17.5 Å². The van der Waals surface area contributed by atoms with Crippen molar-refractivity contribution in [1.82, 2.24) is 0 Å². The summed E-state index contributed by atoms with van der Waals surface area (Å²) in [5, 5.41) is 1.99. The molecule has 0 spiro atoms. The molecule has 0 aliphatic carbocycles. The van der Waals surface area contributed by atoms with E-state index in [0.29, 0.717) is 13.0 Å². The van der Waals surface area contributed by atoms with E-state index in [2.05, 4.69) is 0 Å². The highest BCUT2D eigenvalue weighted by Crippen LogP contribution is 2.20. The number of ether oxygens (including phenoxy) is 1. The molecule has 0 saturated carbocycles. The quantitative estimate of drug-likeness (QED) is 0.745. The monoisotopic (exact) mass is 226 g/mol. The van der Waals surface area contributed by atoms with Crippen molar-refractivity contribution in [1.29, 1.82) is 0 Å².